The van der Waals surface area contributed by atoms with E-state index in [1.807, 2.05) is 27.7 Å². The van der Waals surface area contributed by atoms with Gasteiger partial charge in [-0.1, -0.05) is 114 Å². The lowest BCUT2D eigenvalue weighted by Crippen LogP contribution is -2.62. The number of carboxylic acids is 2. The maximum Gasteiger partial charge on any atom is 0.323 e. The number of halogens is 1. The number of carboxylic acid groups (broad SMARTS) is 2. The van der Waals surface area contributed by atoms with Crippen molar-refractivity contribution < 1.29 is 96.8 Å². The smallest absolute Gasteiger partial charge is 0.323 e. The molecule has 4 fully saturated rings. The number of aromatic amines is 1. The number of carbonyl (C=O) groups excluding carboxylic acids is 15. The van der Waals surface area contributed by atoms with Crippen LogP contribution in [0, 0.1) is 5.92 Å². The molecule has 2 aromatic heterocycles. The predicted molar refractivity (Wildman–Crippen MR) is 481 cm³/mol. The Hall–Kier alpha value is -12.1. The van der Waals surface area contributed by atoms with E-state index in [-0.39, 0.29) is 109 Å². The van der Waals surface area contributed by atoms with Gasteiger partial charge >= 0.3 is 11.9 Å². The molecule has 0 unspecified atom stereocenters. The quantitative estimate of drug-likeness (QED) is 0.0369. The van der Waals surface area contributed by atoms with E-state index in [0.29, 0.717) is 82.0 Å². The first-order chi connectivity index (χ1) is 62.4. The van der Waals surface area contributed by atoms with Gasteiger partial charge in [0.15, 0.2) is 0 Å². The minimum Gasteiger partial charge on any atom is -0.481 e. The minimum absolute atomic E-state index is 0.0142. The van der Waals surface area contributed by atoms with Gasteiger partial charge in [-0.3, -0.25) is 81.5 Å². The number of rotatable bonds is 24. The van der Waals surface area contributed by atoms with Crippen LogP contribution in [0.5, 0.6) is 0 Å². The van der Waals surface area contributed by atoms with Gasteiger partial charge < -0.3 is 120 Å². The second-order valence-electron chi connectivity index (χ2n) is 34.7. The summed E-state index contributed by atoms with van der Waals surface area (Å²) in [6.07, 6.45) is 0.969. The lowest BCUT2D eigenvalue weighted by Gasteiger charge is -2.38. The molecule has 0 radical (unpaired) electrons. The highest BCUT2D eigenvalue weighted by Crippen LogP contribution is 2.30. The van der Waals surface area contributed by atoms with Crippen molar-refractivity contribution >= 4 is 134 Å². The van der Waals surface area contributed by atoms with Crippen LogP contribution in [0.25, 0.3) is 21.8 Å². The van der Waals surface area contributed by atoms with E-state index in [0.717, 1.165) is 9.80 Å². The van der Waals surface area contributed by atoms with Gasteiger partial charge in [0.2, 0.25) is 88.6 Å². The summed E-state index contributed by atoms with van der Waals surface area (Å²) in [5, 5.41) is 57.3. The van der Waals surface area contributed by atoms with Crippen LogP contribution < -0.4 is 70.8 Å². The number of benzene rings is 3. The zero-order valence-corrected chi connectivity index (χ0v) is 75.7. The molecule has 4 saturated heterocycles. The molecule has 4 aliphatic rings. The summed E-state index contributed by atoms with van der Waals surface area (Å²) in [5.41, 5.74) is 27.2. The number of aliphatic hydroxyl groups excluding tert-OH is 1. The first-order valence-electron chi connectivity index (χ1n) is 45.0. The number of hydrogen-bond acceptors (Lipinski definition) is 21. The molecule has 0 saturated carbocycles. The summed E-state index contributed by atoms with van der Waals surface area (Å²) in [6.45, 7) is 5.18. The lowest BCUT2D eigenvalue weighted by atomic mass is 9.97. The summed E-state index contributed by atoms with van der Waals surface area (Å²) in [6, 6.07) is -0.880. The molecule has 41 heteroatoms. The van der Waals surface area contributed by atoms with E-state index in [9.17, 15) is 58.5 Å². The summed E-state index contributed by atoms with van der Waals surface area (Å²) >= 11 is 6.27. The fraction of sp³-hybridized carbons (Fsp3) is 0.567. The second kappa shape index (κ2) is 48.7. The largest absolute Gasteiger partial charge is 0.481 e. The molecule has 0 aliphatic carbocycles. The number of H-pyrrole nitrogens is 1. The third kappa shape index (κ3) is 27.7. The van der Waals surface area contributed by atoms with Gasteiger partial charge in [-0.25, -0.2) is 0 Å². The first kappa shape index (κ1) is 103. The van der Waals surface area contributed by atoms with Crippen LogP contribution >= 0.6 is 11.6 Å². The van der Waals surface area contributed by atoms with Crippen molar-refractivity contribution in [2.75, 3.05) is 53.4 Å². The highest BCUT2D eigenvalue weighted by atomic mass is 35.5. The standard InChI is InChI=1S/C90H127ClN20O20/c1-7-9-23-69-82(123)100-62(39-50(3)4)78(119)96-36-17-21-58(94)77(118)102-64(40-51-28-30-54(91)31-29-51)88(129)109-37-16-15-26-70(109)83(124)104-66(44-74(95)113)89(130)110-38-18-27-71(110)84(125)105-67(45-93)81(122)99-61(32-33-75(114)115)87(128)111-48-55(112)43-73(111)85(126)101-63(41-52-46-97-59-22-13-11-19-56(52)59)80(121)98-60(34-35-92)79(120)103-65(86(127)107(6)72(24-10-8-2)90(131)106(69)5)42-53-47-108(49-76(116)117)68-25-14-12-20-57(53)68/h11-14,19-20,22,25,28-31,46-47,50,55,58,60-67,69-73,97,112H,7-10,15-18,21,23-24,26-27,32-45,48-49,92-94H2,1-6H3,(H2,95,113)(H,96,119)(H,98,121)(H,99,122)(H,100,123)(H,101,126)(H,102,118)(H,103,120)(H,104,124)(H,105,125)(H,114,115)(H,116,117)/t55-,58-,60+,61+,62+,63+,64+,65+,66+,67+,69+,70+,71+,72+,73+/m1/s1. The summed E-state index contributed by atoms with van der Waals surface area (Å²) in [5.74, 6) is -16.3. The number of aliphatic hydroxyl groups is 1. The van der Waals surface area contributed by atoms with E-state index < -0.39 is 237 Å². The van der Waals surface area contributed by atoms with Crippen LogP contribution in [-0.4, -0.2) is 294 Å². The molecule has 0 bridgehead atoms. The van der Waals surface area contributed by atoms with E-state index in [4.69, 9.17) is 34.5 Å². The van der Waals surface area contributed by atoms with Crippen molar-refractivity contribution in [2.24, 2.45) is 28.9 Å². The SMILES string of the molecule is CCCC[C@H]1C(=O)N(C)[C@@H](CCCC)C(=O)N[C@@H](CC(C)C)C(=O)NCCC[C@@H](N)C(=O)N[C@@H](Cc2ccc(Cl)cc2)C(=O)N2CCCC[C@H]2C(=O)N[C@@H](CC(N)=O)C(=O)N2CCC[C@H]2C(=O)N[C@@H](CN)C(=O)N[C@@H](CCC(=O)O)C(=O)N2C[C@H](O)C[C@H]2C(=O)N[C@@H](Cc2c[nH]c3ccccc23)C(=O)N[C@@H](CCN)C(=O)N[C@@H](Cc2cn(CC(=O)O)c3ccccc23)C(=O)N1C. The molecule has 131 heavy (non-hydrogen) atoms. The number of unbranched alkanes of at least 4 members (excludes halogenated alkanes) is 2. The third-order valence-corrected chi connectivity index (χ3v) is 24.7. The van der Waals surface area contributed by atoms with Crippen molar-refractivity contribution in [3.8, 4) is 0 Å². The second-order valence-corrected chi connectivity index (χ2v) is 35.1. The van der Waals surface area contributed by atoms with Crippen molar-refractivity contribution in [3.63, 3.8) is 0 Å². The zero-order valence-electron chi connectivity index (χ0n) is 75.0. The van der Waals surface area contributed by atoms with Crippen LogP contribution in [0.1, 0.15) is 166 Å². The highest BCUT2D eigenvalue weighted by Gasteiger charge is 2.47. The number of piperidine rings is 1. The van der Waals surface area contributed by atoms with Crippen LogP contribution in [0.4, 0.5) is 0 Å². The van der Waals surface area contributed by atoms with Crippen LogP contribution in [0.3, 0.4) is 0 Å². The van der Waals surface area contributed by atoms with E-state index in [1.54, 1.807) is 79.0 Å². The zero-order chi connectivity index (χ0) is 95.6. The molecule has 714 valence electrons. The molecular formula is C90H127ClN20O20. The summed E-state index contributed by atoms with van der Waals surface area (Å²) in [7, 11) is 2.78. The van der Waals surface area contributed by atoms with Crippen molar-refractivity contribution in [1.29, 1.82) is 0 Å². The fourth-order valence-electron chi connectivity index (χ4n) is 17.5. The number of fused-ring (bicyclic) bond motifs is 5. The Morgan fingerprint density at radius 2 is 1.05 bits per heavy atom. The summed E-state index contributed by atoms with van der Waals surface area (Å²) < 4.78 is 1.45. The number of aliphatic carboxylic acids is 2. The van der Waals surface area contributed by atoms with E-state index >= 15 is 38.4 Å². The maximum absolute atomic E-state index is 15.9. The highest BCUT2D eigenvalue weighted by molar-refractivity contribution is 6.30. The minimum atomic E-state index is -1.83. The molecule has 15 amide bonds. The Morgan fingerprint density at radius 1 is 0.511 bits per heavy atom. The van der Waals surface area contributed by atoms with Gasteiger partial charge in [0.25, 0.3) is 0 Å². The van der Waals surface area contributed by atoms with Crippen LogP contribution in [-0.2, 0) is 107 Å². The Kier molecular flexibility index (Phi) is 38.1. The number of para-hydroxylation sites is 2. The Morgan fingerprint density at radius 3 is 1.70 bits per heavy atom. The molecule has 21 N–H and O–H groups in total. The maximum atomic E-state index is 15.9. The first-order valence-corrected chi connectivity index (χ1v) is 45.4. The van der Waals surface area contributed by atoms with Crippen LogP contribution in [0.2, 0.25) is 5.02 Å². The van der Waals surface area contributed by atoms with Crippen LogP contribution in [0.15, 0.2) is 85.2 Å². The predicted octanol–water partition coefficient (Wildman–Crippen LogP) is -0.534. The van der Waals surface area contributed by atoms with Gasteiger partial charge in [-0.2, -0.15) is 0 Å². The molecule has 40 nitrogen and oxygen atoms in total. The van der Waals surface area contributed by atoms with Gasteiger partial charge in [0.05, 0.1) is 18.6 Å². The number of aromatic nitrogens is 2. The normalized spacial score (nSPS) is 25.8. The summed E-state index contributed by atoms with van der Waals surface area (Å²) in [4.78, 5) is 257. The van der Waals surface area contributed by atoms with Crippen molar-refractivity contribution in [2.45, 2.75) is 266 Å². The van der Waals surface area contributed by atoms with E-state index in [1.165, 1.54) is 39.6 Å². The number of primary amides is 1. The molecule has 6 heterocycles. The number of hydrogen-bond donors (Lipinski definition) is 17. The average Bonchev–Trinajstić information content (AvgIpc) is 1.66. The molecule has 5 aromatic rings. The number of amides is 15. The molecule has 15 atom stereocenters. The number of nitrogens with one attached hydrogen (secondary N) is 10. The average molecular weight is 1840 g/mol. The van der Waals surface area contributed by atoms with E-state index in [2.05, 4.69) is 52.8 Å². The van der Waals surface area contributed by atoms with Gasteiger partial charge in [0.1, 0.15) is 85.1 Å². The Labute approximate surface area is 764 Å². The molecule has 9 rings (SSSR count). The fourth-order valence-corrected chi connectivity index (χ4v) is 17.6. The lowest BCUT2D eigenvalue weighted by molar-refractivity contribution is -0.149. The van der Waals surface area contributed by atoms with Crippen molar-refractivity contribution in [1.82, 2.24) is 81.9 Å². The van der Waals surface area contributed by atoms with Gasteiger partial charge in [-0.05, 0) is 130 Å². The topological polar surface area (TPSA) is 600 Å². The number of nitrogens with zero attached hydrogens (tertiary/aromatic N) is 6. The molecule has 4 aliphatic heterocycles. The molecular weight excluding hydrogens is 1720 g/mol. The Bertz CT molecular complexity index is 4930. The van der Waals surface area contributed by atoms with Gasteiger partial charge in [0, 0.05) is 118 Å². The number of likely N-dealkylation sites (N-methyl/N-ethyl adjacent to an activating group) is 2. The number of carbonyl (C=O) groups is 17. The number of nitrogens with two attached hydrogens (primary N) is 4. The van der Waals surface area contributed by atoms with Crippen molar-refractivity contribution in [3.05, 3.63) is 107 Å². The monoisotopic (exact) mass is 1840 g/mol. The Balaban J connectivity index is 1.09. The molecule has 0 spiro atoms. The van der Waals surface area contributed by atoms with Gasteiger partial charge in [-0.15, -0.1) is 0 Å². The molecule has 3 aromatic carbocycles. The third-order valence-electron chi connectivity index (χ3n) is 24.5.